The number of fused-ring (bicyclic) bond motifs is 1. The van der Waals surface area contributed by atoms with E-state index in [0.29, 0.717) is 11.4 Å². The molecule has 3 rings (SSSR count). The van der Waals surface area contributed by atoms with Crippen LogP contribution in [-0.4, -0.2) is 57.2 Å². The van der Waals surface area contributed by atoms with Crippen molar-refractivity contribution in [2.24, 2.45) is 0 Å². The fraction of sp³-hybridized carbons (Fsp3) is 0.556. The van der Waals surface area contributed by atoms with Crippen LogP contribution in [0.3, 0.4) is 0 Å². The molecule has 0 saturated carbocycles. The molecule has 0 aliphatic carbocycles. The summed E-state index contributed by atoms with van der Waals surface area (Å²) in [6, 6.07) is 5.94. The van der Waals surface area contributed by atoms with Crippen molar-refractivity contribution in [1.29, 1.82) is 0 Å². The quantitative estimate of drug-likeness (QED) is 0.823. The maximum absolute atomic E-state index is 12.3. The number of carbonyl (C=O) groups is 2. The van der Waals surface area contributed by atoms with Crippen LogP contribution in [-0.2, 0) is 9.59 Å². The molecular formula is C18H26N4O3. The molecule has 2 N–H and O–H groups in total. The van der Waals surface area contributed by atoms with Gasteiger partial charge in [0, 0.05) is 37.9 Å². The van der Waals surface area contributed by atoms with Gasteiger partial charge in [0.05, 0.1) is 5.69 Å². The maximum atomic E-state index is 12.3. The van der Waals surface area contributed by atoms with Gasteiger partial charge >= 0.3 is 0 Å². The van der Waals surface area contributed by atoms with Crippen LogP contribution < -0.4 is 25.2 Å². The summed E-state index contributed by atoms with van der Waals surface area (Å²) < 4.78 is 5.54. The third-order valence-electron chi connectivity index (χ3n) is 4.69. The number of nitrogens with zero attached hydrogens (tertiary/aromatic N) is 2. The third kappa shape index (κ3) is 4.04. The van der Waals surface area contributed by atoms with Crippen molar-refractivity contribution in [3.8, 4) is 5.75 Å². The molecule has 1 atom stereocenters. The summed E-state index contributed by atoms with van der Waals surface area (Å²) in [6.07, 6.45) is 0.854. The van der Waals surface area contributed by atoms with E-state index in [0.717, 1.165) is 38.3 Å². The minimum absolute atomic E-state index is 0.0184. The molecule has 136 valence electrons. The third-order valence-corrected chi connectivity index (χ3v) is 4.69. The highest BCUT2D eigenvalue weighted by Gasteiger charge is 2.28. The zero-order chi connectivity index (χ0) is 17.8. The Hall–Kier alpha value is -2.28. The molecule has 1 aromatic rings. The van der Waals surface area contributed by atoms with Crippen LogP contribution in [0, 0.1) is 0 Å². The topological polar surface area (TPSA) is 73.9 Å². The number of amides is 2. The van der Waals surface area contributed by atoms with Crippen LogP contribution >= 0.6 is 0 Å². The Balaban J connectivity index is 1.80. The largest absolute Gasteiger partial charge is 0.482 e. The normalized spacial score (nSPS) is 18.4. The second-order valence-electron chi connectivity index (χ2n) is 6.53. The number of ether oxygens (including phenoxy) is 1. The number of carbonyl (C=O) groups excluding carboxylic acids is 2. The zero-order valence-corrected chi connectivity index (χ0v) is 14.9. The van der Waals surface area contributed by atoms with Gasteiger partial charge in [0.25, 0.3) is 5.91 Å². The predicted molar refractivity (Wildman–Crippen MR) is 97.3 cm³/mol. The molecule has 2 aliphatic heterocycles. The standard InChI is InChI=1S/C18H26N4O3/c1-3-13(2)20-17(23)11-22-15-10-14(21-8-6-19-7-9-21)4-5-16(15)25-12-18(22)24/h4-5,10,13,19H,3,6-9,11-12H2,1-2H3,(H,20,23). The summed E-state index contributed by atoms with van der Waals surface area (Å²) in [5, 5.41) is 6.24. The van der Waals surface area contributed by atoms with E-state index in [1.54, 1.807) is 0 Å². The van der Waals surface area contributed by atoms with E-state index >= 15 is 0 Å². The van der Waals surface area contributed by atoms with Gasteiger partial charge in [-0.05, 0) is 31.5 Å². The first kappa shape index (κ1) is 17.5. The van der Waals surface area contributed by atoms with Crippen molar-refractivity contribution >= 4 is 23.2 Å². The Bertz CT molecular complexity index is 643. The van der Waals surface area contributed by atoms with Crippen molar-refractivity contribution in [2.45, 2.75) is 26.3 Å². The second kappa shape index (κ2) is 7.74. The zero-order valence-electron chi connectivity index (χ0n) is 14.9. The minimum Gasteiger partial charge on any atom is -0.482 e. The second-order valence-corrected chi connectivity index (χ2v) is 6.53. The Labute approximate surface area is 148 Å². The van der Waals surface area contributed by atoms with Gasteiger partial charge in [-0.3, -0.25) is 14.5 Å². The van der Waals surface area contributed by atoms with Crippen LogP contribution in [0.15, 0.2) is 18.2 Å². The first-order valence-corrected chi connectivity index (χ1v) is 8.90. The first-order chi connectivity index (χ1) is 12.1. The Morgan fingerprint density at radius 3 is 2.84 bits per heavy atom. The van der Waals surface area contributed by atoms with E-state index in [2.05, 4.69) is 15.5 Å². The maximum Gasteiger partial charge on any atom is 0.265 e. The lowest BCUT2D eigenvalue weighted by molar-refractivity contribution is -0.125. The number of benzene rings is 1. The van der Waals surface area contributed by atoms with Crippen molar-refractivity contribution in [1.82, 2.24) is 10.6 Å². The van der Waals surface area contributed by atoms with Crippen LogP contribution in [0.5, 0.6) is 5.75 Å². The molecule has 7 nitrogen and oxygen atoms in total. The molecule has 1 saturated heterocycles. The first-order valence-electron chi connectivity index (χ1n) is 8.90. The average Bonchev–Trinajstić information content (AvgIpc) is 2.64. The number of hydrogen-bond acceptors (Lipinski definition) is 5. The lowest BCUT2D eigenvalue weighted by Gasteiger charge is -2.33. The van der Waals surface area contributed by atoms with E-state index < -0.39 is 0 Å². The fourth-order valence-corrected chi connectivity index (χ4v) is 3.05. The summed E-state index contributed by atoms with van der Waals surface area (Å²) in [4.78, 5) is 28.4. The molecule has 2 heterocycles. The van der Waals surface area contributed by atoms with E-state index in [1.807, 2.05) is 32.0 Å². The smallest absolute Gasteiger partial charge is 0.265 e. The Morgan fingerprint density at radius 1 is 1.36 bits per heavy atom. The summed E-state index contributed by atoms with van der Waals surface area (Å²) in [6.45, 7) is 7.67. The van der Waals surface area contributed by atoms with Gasteiger partial charge < -0.3 is 20.3 Å². The molecule has 1 aromatic carbocycles. The van der Waals surface area contributed by atoms with Gasteiger partial charge in [-0.1, -0.05) is 6.92 Å². The molecule has 2 amide bonds. The number of piperazine rings is 1. The SMILES string of the molecule is CCC(C)NC(=O)CN1C(=O)COc2ccc(N3CCNCC3)cc21. The highest BCUT2D eigenvalue weighted by Crippen LogP contribution is 2.35. The molecule has 0 radical (unpaired) electrons. The lowest BCUT2D eigenvalue weighted by Crippen LogP contribution is -2.47. The Morgan fingerprint density at radius 2 is 2.12 bits per heavy atom. The van der Waals surface area contributed by atoms with Crippen molar-refractivity contribution in [3.63, 3.8) is 0 Å². The van der Waals surface area contributed by atoms with Gasteiger partial charge in [0.15, 0.2) is 6.61 Å². The molecule has 0 aromatic heterocycles. The number of rotatable bonds is 5. The number of hydrogen-bond donors (Lipinski definition) is 2. The van der Waals surface area contributed by atoms with E-state index in [4.69, 9.17) is 4.74 Å². The van der Waals surface area contributed by atoms with E-state index in [-0.39, 0.29) is 31.0 Å². The predicted octanol–water partition coefficient (Wildman–Crippen LogP) is 0.736. The fourth-order valence-electron chi connectivity index (χ4n) is 3.05. The van der Waals surface area contributed by atoms with Gasteiger partial charge in [0.1, 0.15) is 12.3 Å². The number of nitrogens with one attached hydrogen (secondary N) is 2. The summed E-state index contributed by atoms with van der Waals surface area (Å²) in [5.74, 6) is 0.308. The molecule has 1 fully saturated rings. The van der Waals surface area contributed by atoms with Crippen molar-refractivity contribution < 1.29 is 14.3 Å². The molecule has 0 bridgehead atoms. The summed E-state index contributed by atoms with van der Waals surface area (Å²) in [7, 11) is 0. The molecular weight excluding hydrogens is 320 g/mol. The molecule has 2 aliphatic rings. The monoisotopic (exact) mass is 346 g/mol. The van der Waals surface area contributed by atoms with Gasteiger partial charge in [-0.25, -0.2) is 0 Å². The van der Waals surface area contributed by atoms with Crippen molar-refractivity contribution in [2.75, 3.05) is 49.1 Å². The average molecular weight is 346 g/mol. The van der Waals surface area contributed by atoms with E-state index in [1.165, 1.54) is 4.90 Å². The van der Waals surface area contributed by atoms with Crippen LogP contribution in [0.25, 0.3) is 0 Å². The molecule has 0 spiro atoms. The summed E-state index contributed by atoms with van der Waals surface area (Å²) in [5.41, 5.74) is 1.72. The summed E-state index contributed by atoms with van der Waals surface area (Å²) >= 11 is 0. The highest BCUT2D eigenvalue weighted by molar-refractivity contribution is 6.02. The van der Waals surface area contributed by atoms with Crippen molar-refractivity contribution in [3.05, 3.63) is 18.2 Å². The molecule has 25 heavy (non-hydrogen) atoms. The molecule has 7 heteroatoms. The minimum atomic E-state index is -0.190. The van der Waals surface area contributed by atoms with Gasteiger partial charge in [0.2, 0.25) is 5.91 Å². The highest BCUT2D eigenvalue weighted by atomic mass is 16.5. The Kier molecular flexibility index (Phi) is 5.43. The van der Waals surface area contributed by atoms with Gasteiger partial charge in [-0.2, -0.15) is 0 Å². The van der Waals surface area contributed by atoms with Crippen LogP contribution in [0.1, 0.15) is 20.3 Å². The van der Waals surface area contributed by atoms with E-state index in [9.17, 15) is 9.59 Å². The van der Waals surface area contributed by atoms with Crippen LogP contribution in [0.4, 0.5) is 11.4 Å². The van der Waals surface area contributed by atoms with Crippen LogP contribution in [0.2, 0.25) is 0 Å². The number of anilines is 2. The lowest BCUT2D eigenvalue weighted by atomic mass is 10.1. The molecule has 1 unspecified atom stereocenters. The van der Waals surface area contributed by atoms with Gasteiger partial charge in [-0.15, -0.1) is 0 Å².